The number of carbonyl (C=O) groups is 1. The zero-order chi connectivity index (χ0) is 12.7. The van der Waals surface area contributed by atoms with E-state index in [-0.39, 0.29) is 12.2 Å². The summed E-state index contributed by atoms with van der Waals surface area (Å²) in [4.78, 5) is 10.3. The zero-order valence-corrected chi connectivity index (χ0v) is 10.0. The Kier molecular flexibility index (Phi) is 5.46. The van der Waals surface area contributed by atoms with Crippen molar-refractivity contribution in [2.24, 2.45) is 0 Å². The Morgan fingerprint density at radius 1 is 1.35 bits per heavy atom. The van der Waals surface area contributed by atoms with Crippen molar-refractivity contribution in [1.29, 1.82) is 0 Å². The van der Waals surface area contributed by atoms with Crippen LogP contribution in [-0.2, 0) is 4.79 Å². The molecule has 0 amide bonds. The molecule has 1 rings (SSSR count). The van der Waals surface area contributed by atoms with Gasteiger partial charge in [0.25, 0.3) is 0 Å². The van der Waals surface area contributed by atoms with Crippen molar-refractivity contribution in [2.45, 2.75) is 32.6 Å². The molecule has 0 heterocycles. The van der Waals surface area contributed by atoms with Crippen LogP contribution < -0.4 is 5.32 Å². The predicted molar refractivity (Wildman–Crippen MR) is 65.7 cm³/mol. The summed E-state index contributed by atoms with van der Waals surface area (Å²) in [7, 11) is 0. The van der Waals surface area contributed by atoms with E-state index in [0.29, 0.717) is 18.7 Å². The summed E-state index contributed by atoms with van der Waals surface area (Å²) < 4.78 is 13.3. The standard InChI is InChI=1S/C13H18FNO2/c1-10-6-7-11(14)12(9-10)15-8-4-2-3-5-13(16)17/h6-7,9,15H,2-5,8H2,1H3,(H,16,17). The number of carboxylic acids is 1. The summed E-state index contributed by atoms with van der Waals surface area (Å²) in [5, 5.41) is 11.5. The lowest BCUT2D eigenvalue weighted by Crippen LogP contribution is -2.04. The van der Waals surface area contributed by atoms with Crippen LogP contribution in [0, 0.1) is 12.7 Å². The van der Waals surface area contributed by atoms with E-state index in [1.807, 2.05) is 6.92 Å². The molecule has 0 saturated carbocycles. The third-order valence-corrected chi connectivity index (χ3v) is 2.50. The first-order chi connectivity index (χ1) is 8.09. The summed E-state index contributed by atoms with van der Waals surface area (Å²) in [6.45, 7) is 2.58. The minimum atomic E-state index is -0.761. The van der Waals surface area contributed by atoms with E-state index in [1.54, 1.807) is 12.1 Å². The van der Waals surface area contributed by atoms with Crippen molar-refractivity contribution in [3.63, 3.8) is 0 Å². The first-order valence-corrected chi connectivity index (χ1v) is 5.81. The Hall–Kier alpha value is -1.58. The SMILES string of the molecule is Cc1ccc(F)c(NCCCCCC(=O)O)c1. The number of aryl methyl sites for hydroxylation is 1. The maximum atomic E-state index is 13.3. The molecule has 0 aliphatic heterocycles. The Labute approximate surface area is 101 Å². The van der Waals surface area contributed by atoms with E-state index in [2.05, 4.69) is 5.32 Å². The second kappa shape index (κ2) is 6.89. The molecule has 0 fully saturated rings. The molecule has 0 saturated heterocycles. The van der Waals surface area contributed by atoms with Gasteiger partial charge in [0, 0.05) is 13.0 Å². The van der Waals surface area contributed by atoms with Gasteiger partial charge < -0.3 is 10.4 Å². The molecule has 0 unspecified atom stereocenters. The minimum Gasteiger partial charge on any atom is -0.481 e. The van der Waals surface area contributed by atoms with Gasteiger partial charge in [0.05, 0.1) is 5.69 Å². The van der Waals surface area contributed by atoms with Gasteiger partial charge in [-0.2, -0.15) is 0 Å². The van der Waals surface area contributed by atoms with Gasteiger partial charge in [0.15, 0.2) is 0 Å². The normalized spacial score (nSPS) is 10.2. The van der Waals surface area contributed by atoms with Crippen molar-refractivity contribution in [2.75, 3.05) is 11.9 Å². The van der Waals surface area contributed by atoms with E-state index < -0.39 is 5.97 Å². The maximum Gasteiger partial charge on any atom is 0.303 e. The van der Waals surface area contributed by atoms with E-state index in [4.69, 9.17) is 5.11 Å². The molecule has 0 aromatic heterocycles. The average molecular weight is 239 g/mol. The molecule has 3 nitrogen and oxygen atoms in total. The van der Waals surface area contributed by atoms with Gasteiger partial charge in [0.2, 0.25) is 0 Å². The third-order valence-electron chi connectivity index (χ3n) is 2.50. The fourth-order valence-electron chi connectivity index (χ4n) is 1.58. The number of hydrogen-bond donors (Lipinski definition) is 2. The van der Waals surface area contributed by atoms with Crippen LogP contribution in [0.5, 0.6) is 0 Å². The summed E-state index contributed by atoms with van der Waals surface area (Å²) >= 11 is 0. The van der Waals surface area contributed by atoms with Crippen LogP contribution in [0.15, 0.2) is 18.2 Å². The van der Waals surface area contributed by atoms with Gasteiger partial charge in [-0.3, -0.25) is 4.79 Å². The van der Waals surface area contributed by atoms with Crippen LogP contribution >= 0.6 is 0 Å². The molecule has 1 aromatic carbocycles. The number of hydrogen-bond acceptors (Lipinski definition) is 2. The number of aliphatic carboxylic acids is 1. The Morgan fingerprint density at radius 2 is 2.12 bits per heavy atom. The second-order valence-corrected chi connectivity index (χ2v) is 4.11. The highest BCUT2D eigenvalue weighted by Crippen LogP contribution is 2.15. The molecular weight excluding hydrogens is 221 g/mol. The number of rotatable bonds is 7. The number of unbranched alkanes of at least 4 members (excludes halogenated alkanes) is 2. The lowest BCUT2D eigenvalue weighted by atomic mass is 10.2. The predicted octanol–water partition coefficient (Wildman–Crippen LogP) is 3.19. The van der Waals surface area contributed by atoms with Gasteiger partial charge in [-0.15, -0.1) is 0 Å². The topological polar surface area (TPSA) is 49.3 Å². The molecule has 0 radical (unpaired) electrons. The molecule has 94 valence electrons. The van der Waals surface area contributed by atoms with Crippen molar-refractivity contribution in [3.8, 4) is 0 Å². The fraction of sp³-hybridized carbons (Fsp3) is 0.462. The highest BCUT2D eigenvalue weighted by Gasteiger charge is 2.01. The van der Waals surface area contributed by atoms with Crippen LogP contribution in [0.25, 0.3) is 0 Å². The highest BCUT2D eigenvalue weighted by molar-refractivity contribution is 5.66. The zero-order valence-electron chi connectivity index (χ0n) is 10.0. The fourth-order valence-corrected chi connectivity index (χ4v) is 1.58. The maximum absolute atomic E-state index is 13.3. The molecule has 4 heteroatoms. The molecule has 17 heavy (non-hydrogen) atoms. The van der Waals surface area contributed by atoms with Crippen molar-refractivity contribution >= 4 is 11.7 Å². The number of carboxylic acid groups (broad SMARTS) is 1. The molecule has 0 aliphatic carbocycles. The first kappa shape index (κ1) is 13.5. The summed E-state index contributed by atoms with van der Waals surface area (Å²) in [5.74, 6) is -1.01. The molecule has 2 N–H and O–H groups in total. The van der Waals surface area contributed by atoms with E-state index in [1.165, 1.54) is 6.07 Å². The average Bonchev–Trinajstić information content (AvgIpc) is 2.27. The lowest BCUT2D eigenvalue weighted by molar-refractivity contribution is -0.137. The number of anilines is 1. The van der Waals surface area contributed by atoms with Crippen LogP contribution in [0.4, 0.5) is 10.1 Å². The third kappa shape index (κ3) is 5.33. The van der Waals surface area contributed by atoms with Crippen molar-refractivity contribution in [1.82, 2.24) is 0 Å². The second-order valence-electron chi connectivity index (χ2n) is 4.11. The number of halogens is 1. The quantitative estimate of drug-likeness (QED) is 0.718. The summed E-state index contributed by atoms with van der Waals surface area (Å²) in [6.07, 6.45) is 2.57. The Morgan fingerprint density at radius 3 is 2.82 bits per heavy atom. The van der Waals surface area contributed by atoms with Crippen LogP contribution in [0.2, 0.25) is 0 Å². The van der Waals surface area contributed by atoms with Gasteiger partial charge in [0.1, 0.15) is 5.82 Å². The molecular formula is C13H18FNO2. The molecule has 0 spiro atoms. The smallest absolute Gasteiger partial charge is 0.303 e. The number of benzene rings is 1. The lowest BCUT2D eigenvalue weighted by Gasteiger charge is -2.08. The molecule has 0 aliphatic rings. The first-order valence-electron chi connectivity index (χ1n) is 5.81. The molecule has 0 bridgehead atoms. The molecule has 1 aromatic rings. The Balaban J connectivity index is 2.22. The minimum absolute atomic E-state index is 0.207. The van der Waals surface area contributed by atoms with Crippen LogP contribution in [0.1, 0.15) is 31.2 Å². The van der Waals surface area contributed by atoms with Gasteiger partial charge >= 0.3 is 5.97 Å². The summed E-state index contributed by atoms with van der Waals surface area (Å²) in [6, 6.07) is 4.95. The van der Waals surface area contributed by atoms with Gasteiger partial charge in [-0.05, 0) is 37.5 Å². The van der Waals surface area contributed by atoms with Crippen LogP contribution in [-0.4, -0.2) is 17.6 Å². The van der Waals surface area contributed by atoms with Gasteiger partial charge in [-0.25, -0.2) is 4.39 Å². The van der Waals surface area contributed by atoms with E-state index in [0.717, 1.165) is 18.4 Å². The largest absolute Gasteiger partial charge is 0.481 e. The monoisotopic (exact) mass is 239 g/mol. The summed E-state index contributed by atoms with van der Waals surface area (Å²) in [5.41, 5.74) is 1.53. The van der Waals surface area contributed by atoms with Gasteiger partial charge in [-0.1, -0.05) is 12.5 Å². The van der Waals surface area contributed by atoms with Crippen LogP contribution in [0.3, 0.4) is 0 Å². The van der Waals surface area contributed by atoms with Crippen molar-refractivity contribution < 1.29 is 14.3 Å². The highest BCUT2D eigenvalue weighted by atomic mass is 19.1. The number of nitrogens with one attached hydrogen (secondary N) is 1. The van der Waals surface area contributed by atoms with Crippen molar-refractivity contribution in [3.05, 3.63) is 29.6 Å². The van der Waals surface area contributed by atoms with E-state index in [9.17, 15) is 9.18 Å². The molecule has 0 atom stereocenters. The van der Waals surface area contributed by atoms with E-state index >= 15 is 0 Å². The Bertz CT molecular complexity index is 380.